The normalized spacial score (nSPS) is 18.8. The fraction of sp³-hybridized carbons (Fsp3) is 0.292. The molecule has 1 N–H and O–H groups in total. The number of alkyl halides is 2. The van der Waals surface area contributed by atoms with Crippen LogP contribution in [0.2, 0.25) is 0 Å². The molecule has 1 amide bonds. The maximum atomic E-state index is 14.7. The lowest BCUT2D eigenvalue weighted by molar-refractivity contribution is 0.116. The third-order valence-electron chi connectivity index (χ3n) is 6.76. The zero-order chi connectivity index (χ0) is 25.7. The molecule has 2 aromatic carbocycles. The summed E-state index contributed by atoms with van der Waals surface area (Å²) in [5.41, 5.74) is 2.95. The zero-order valence-electron chi connectivity index (χ0n) is 19.2. The quantitative estimate of drug-likeness (QED) is 0.412. The molecule has 2 bridgehead atoms. The first kappa shape index (κ1) is 23.0. The first-order valence-electron chi connectivity index (χ1n) is 11.5. The van der Waals surface area contributed by atoms with Crippen LogP contribution in [0.4, 0.5) is 23.7 Å². The predicted octanol–water partition coefficient (Wildman–Crippen LogP) is 4.06. The third-order valence-corrected chi connectivity index (χ3v) is 6.76. The molecule has 13 heteroatoms. The van der Waals surface area contributed by atoms with Crippen LogP contribution in [0.25, 0.3) is 22.7 Å². The van der Waals surface area contributed by atoms with Crippen molar-refractivity contribution < 1.29 is 27.5 Å². The Kier molecular flexibility index (Phi) is 5.54. The molecular weight excluding hydrogens is 491 g/mol. The van der Waals surface area contributed by atoms with Crippen LogP contribution in [0.3, 0.4) is 0 Å². The predicted molar refractivity (Wildman–Crippen MR) is 123 cm³/mol. The molecule has 0 radical (unpaired) electrons. The first-order chi connectivity index (χ1) is 17.9. The van der Waals surface area contributed by atoms with Crippen molar-refractivity contribution in [3.63, 3.8) is 0 Å². The summed E-state index contributed by atoms with van der Waals surface area (Å²) >= 11 is 0. The summed E-state index contributed by atoms with van der Waals surface area (Å²) in [4.78, 5) is 15.1. The Balaban J connectivity index is 1.16. The third kappa shape index (κ3) is 4.26. The van der Waals surface area contributed by atoms with Crippen LogP contribution in [0, 0.1) is 5.82 Å². The number of benzene rings is 2. The molecule has 0 aliphatic carbocycles. The number of hydrogen-bond donors (Lipinski definition) is 1. The highest BCUT2D eigenvalue weighted by Gasteiger charge is 2.45. The van der Waals surface area contributed by atoms with E-state index in [1.807, 2.05) is 24.3 Å². The highest BCUT2D eigenvalue weighted by molar-refractivity contribution is 5.69. The molecule has 10 nitrogen and oxygen atoms in total. The van der Waals surface area contributed by atoms with Crippen LogP contribution in [0.15, 0.2) is 53.1 Å². The molecule has 2 aromatic heterocycles. The lowest BCUT2D eigenvalue weighted by Crippen LogP contribution is -2.48. The molecule has 2 saturated heterocycles. The summed E-state index contributed by atoms with van der Waals surface area (Å²) in [6, 6.07) is 12.1. The van der Waals surface area contributed by atoms with Crippen LogP contribution in [0.5, 0.6) is 0 Å². The van der Waals surface area contributed by atoms with Crippen molar-refractivity contribution >= 4 is 11.8 Å². The summed E-state index contributed by atoms with van der Waals surface area (Å²) in [6.45, 7) is 1.24. The van der Waals surface area contributed by atoms with E-state index in [0.717, 1.165) is 23.7 Å². The van der Waals surface area contributed by atoms with Crippen molar-refractivity contribution in [2.75, 3.05) is 18.0 Å². The first-order valence-corrected chi connectivity index (χ1v) is 11.5. The van der Waals surface area contributed by atoms with E-state index in [2.05, 4.69) is 25.4 Å². The van der Waals surface area contributed by atoms with Crippen molar-refractivity contribution in [2.24, 2.45) is 0 Å². The Morgan fingerprint density at radius 1 is 1.08 bits per heavy atom. The number of amides is 1. The van der Waals surface area contributed by atoms with Gasteiger partial charge in [0.25, 0.3) is 5.89 Å². The second-order valence-electron chi connectivity index (χ2n) is 9.03. The van der Waals surface area contributed by atoms with Gasteiger partial charge >= 0.3 is 12.5 Å². The van der Waals surface area contributed by atoms with Crippen LogP contribution in [-0.4, -0.2) is 66.5 Å². The SMILES string of the molecule is O=C(O)N1C[C@@H]2C[C@H]1CN2c1cccc(-c2cn(Cc3ccc(-c4nnc(C(F)F)o4)cc3F)nn2)c1. The van der Waals surface area contributed by atoms with E-state index in [0.29, 0.717) is 24.3 Å². The van der Waals surface area contributed by atoms with Crippen LogP contribution < -0.4 is 4.90 Å². The van der Waals surface area contributed by atoms with Crippen molar-refractivity contribution in [1.29, 1.82) is 0 Å². The van der Waals surface area contributed by atoms with E-state index in [1.54, 1.807) is 6.20 Å². The van der Waals surface area contributed by atoms with Gasteiger partial charge < -0.3 is 19.3 Å². The van der Waals surface area contributed by atoms with E-state index in [1.165, 1.54) is 21.7 Å². The van der Waals surface area contributed by atoms with E-state index in [-0.39, 0.29) is 30.1 Å². The molecule has 4 aromatic rings. The molecule has 0 spiro atoms. The second kappa shape index (κ2) is 8.91. The van der Waals surface area contributed by atoms with Gasteiger partial charge in [-0.3, -0.25) is 0 Å². The van der Waals surface area contributed by atoms with Crippen molar-refractivity contribution in [3.05, 3.63) is 65.9 Å². The standard InChI is InChI=1S/C24H20F3N7O3/c25-19-7-14(22-29-30-23(37-22)21(26)27)4-5-15(19)9-32-12-20(28-31-32)13-2-1-3-16(6-13)33-10-18-8-17(33)11-34(18)24(35)36/h1-7,12,17-18,21H,8-11H2,(H,35,36)/t17-,18-/m0/s1. The van der Waals surface area contributed by atoms with Gasteiger partial charge in [0.05, 0.1) is 18.8 Å². The molecule has 4 heterocycles. The number of carbonyl (C=O) groups is 1. The fourth-order valence-corrected chi connectivity index (χ4v) is 4.99. The van der Waals surface area contributed by atoms with Gasteiger partial charge in [0, 0.05) is 41.5 Å². The van der Waals surface area contributed by atoms with Gasteiger partial charge in [-0.25, -0.2) is 13.9 Å². The molecule has 2 atom stereocenters. The smallest absolute Gasteiger partial charge is 0.407 e. The number of halogens is 3. The number of anilines is 1. The molecule has 6 rings (SSSR count). The maximum Gasteiger partial charge on any atom is 0.407 e. The maximum absolute atomic E-state index is 14.7. The number of likely N-dealkylation sites (tertiary alicyclic amines) is 1. The van der Waals surface area contributed by atoms with Gasteiger partial charge in [0.1, 0.15) is 11.5 Å². The highest BCUT2D eigenvalue weighted by atomic mass is 19.3. The Labute approximate surface area is 207 Å². The monoisotopic (exact) mass is 511 g/mol. The van der Waals surface area contributed by atoms with E-state index < -0.39 is 24.2 Å². The van der Waals surface area contributed by atoms with Gasteiger partial charge in [0.2, 0.25) is 5.89 Å². The highest BCUT2D eigenvalue weighted by Crippen LogP contribution is 2.36. The summed E-state index contributed by atoms with van der Waals surface area (Å²) in [5, 5.41) is 24.5. The molecule has 2 fully saturated rings. The Morgan fingerprint density at radius 2 is 1.95 bits per heavy atom. The van der Waals surface area contributed by atoms with Crippen LogP contribution >= 0.6 is 0 Å². The van der Waals surface area contributed by atoms with Gasteiger partial charge in [0.15, 0.2) is 0 Å². The lowest BCUT2D eigenvalue weighted by Gasteiger charge is -2.34. The number of nitrogens with zero attached hydrogens (tertiary/aromatic N) is 7. The number of carboxylic acid groups (broad SMARTS) is 1. The number of aromatic nitrogens is 5. The Hall–Kier alpha value is -4.42. The summed E-state index contributed by atoms with van der Waals surface area (Å²) in [6.07, 6.45) is -1.25. The van der Waals surface area contributed by atoms with Crippen molar-refractivity contribution in [3.8, 4) is 22.7 Å². The van der Waals surface area contributed by atoms with E-state index >= 15 is 0 Å². The van der Waals surface area contributed by atoms with Crippen LogP contribution in [-0.2, 0) is 6.54 Å². The van der Waals surface area contributed by atoms with E-state index in [4.69, 9.17) is 4.42 Å². The lowest BCUT2D eigenvalue weighted by atomic mass is 10.1. The minimum absolute atomic E-state index is 0.000461. The van der Waals surface area contributed by atoms with Gasteiger partial charge in [-0.05, 0) is 30.7 Å². The molecule has 0 unspecified atom stereocenters. The van der Waals surface area contributed by atoms with Gasteiger partial charge in [-0.15, -0.1) is 15.3 Å². The van der Waals surface area contributed by atoms with Crippen molar-refractivity contribution in [1.82, 2.24) is 30.1 Å². The topological polar surface area (TPSA) is 113 Å². The molecule has 190 valence electrons. The van der Waals surface area contributed by atoms with E-state index in [9.17, 15) is 23.1 Å². The number of fused-ring (bicyclic) bond motifs is 2. The van der Waals surface area contributed by atoms with Crippen molar-refractivity contribution in [2.45, 2.75) is 31.5 Å². The zero-order valence-corrected chi connectivity index (χ0v) is 19.2. The Bertz CT molecular complexity index is 1470. The fourth-order valence-electron chi connectivity index (χ4n) is 4.99. The minimum atomic E-state index is -2.90. The summed E-state index contributed by atoms with van der Waals surface area (Å²) in [7, 11) is 0. The number of hydrogen-bond acceptors (Lipinski definition) is 7. The molecule has 2 aliphatic heterocycles. The van der Waals surface area contributed by atoms with Gasteiger partial charge in [-0.2, -0.15) is 8.78 Å². The van der Waals surface area contributed by atoms with Crippen LogP contribution in [0.1, 0.15) is 24.3 Å². The number of rotatable bonds is 6. The average molecular weight is 511 g/mol. The average Bonchev–Trinajstić information content (AvgIpc) is 3.69. The molecule has 2 aliphatic rings. The molecule has 37 heavy (non-hydrogen) atoms. The van der Waals surface area contributed by atoms with Gasteiger partial charge in [-0.1, -0.05) is 23.4 Å². The Morgan fingerprint density at radius 3 is 2.65 bits per heavy atom. The number of piperazine rings is 1. The second-order valence-corrected chi connectivity index (χ2v) is 9.03. The minimum Gasteiger partial charge on any atom is -0.465 e. The molecular formula is C24H20F3N7O3. The summed E-state index contributed by atoms with van der Waals surface area (Å²) < 4.78 is 46.5. The largest absolute Gasteiger partial charge is 0.465 e. The molecule has 0 saturated carbocycles. The summed E-state index contributed by atoms with van der Waals surface area (Å²) in [5.74, 6) is -1.59.